The molecular formula is C31H28O11. The summed E-state index contributed by atoms with van der Waals surface area (Å²) in [5, 5.41) is 60.9. The molecule has 0 aliphatic heterocycles. The van der Waals surface area contributed by atoms with E-state index in [-0.39, 0.29) is 47.0 Å². The molecule has 0 amide bonds. The number of aliphatic hydroxyl groups is 3. The Kier molecular flexibility index (Phi) is 8.16. The van der Waals surface area contributed by atoms with Crippen molar-refractivity contribution in [3.8, 4) is 34.3 Å². The Morgan fingerprint density at radius 2 is 1.55 bits per heavy atom. The lowest BCUT2D eigenvalue weighted by atomic mass is 9.81. The van der Waals surface area contributed by atoms with Crippen LogP contribution in [0.2, 0.25) is 0 Å². The van der Waals surface area contributed by atoms with Crippen LogP contribution >= 0.6 is 0 Å². The smallest absolute Gasteiger partial charge is 0.330 e. The summed E-state index contributed by atoms with van der Waals surface area (Å²) in [6.07, 6.45) is -2.99. The Labute approximate surface area is 238 Å². The molecule has 1 aliphatic rings. The number of carbonyl (C=O) groups excluding carboxylic acids is 1. The van der Waals surface area contributed by atoms with Crippen LogP contribution in [-0.2, 0) is 9.53 Å². The van der Waals surface area contributed by atoms with Crippen LogP contribution in [0, 0.1) is 5.92 Å². The highest BCUT2D eigenvalue weighted by atomic mass is 16.5. The first kappa shape index (κ1) is 28.7. The van der Waals surface area contributed by atoms with E-state index in [2.05, 4.69) is 0 Å². The van der Waals surface area contributed by atoms with Crippen molar-refractivity contribution in [1.82, 2.24) is 0 Å². The fourth-order valence-corrected chi connectivity index (χ4v) is 4.80. The SMILES string of the molecule is O=C(/C=C/c1ccc(O)cc1)OC[C@@H]1C[C@H](Oc2cc(O)c3c(=O)cc(-c4ccc(O)cc4)oc3c2)[C@@H](O)[C@H](O)[C@H]1O. The number of phenols is 3. The second-order valence-corrected chi connectivity index (χ2v) is 10.0. The Hall–Kier alpha value is -4.84. The average molecular weight is 577 g/mol. The van der Waals surface area contributed by atoms with E-state index in [0.717, 1.165) is 0 Å². The van der Waals surface area contributed by atoms with Crippen molar-refractivity contribution in [3.63, 3.8) is 0 Å². The highest BCUT2D eigenvalue weighted by Gasteiger charge is 2.44. The predicted octanol–water partition coefficient (Wildman–Crippen LogP) is 2.68. The summed E-state index contributed by atoms with van der Waals surface area (Å²) in [4.78, 5) is 25.0. The molecule has 4 aromatic rings. The summed E-state index contributed by atoms with van der Waals surface area (Å²) >= 11 is 0. The number of aliphatic hydroxyl groups excluding tert-OH is 3. The van der Waals surface area contributed by atoms with Gasteiger partial charge < -0.3 is 44.5 Å². The molecule has 1 saturated carbocycles. The monoisotopic (exact) mass is 576 g/mol. The zero-order valence-corrected chi connectivity index (χ0v) is 22.0. The van der Waals surface area contributed by atoms with Crippen molar-refractivity contribution in [1.29, 1.82) is 0 Å². The number of ether oxygens (including phenoxy) is 2. The maximum absolute atomic E-state index is 12.7. The summed E-state index contributed by atoms with van der Waals surface area (Å²) in [6, 6.07) is 15.9. The largest absolute Gasteiger partial charge is 0.508 e. The molecule has 1 heterocycles. The van der Waals surface area contributed by atoms with E-state index in [9.17, 15) is 40.2 Å². The van der Waals surface area contributed by atoms with Crippen molar-refractivity contribution in [2.45, 2.75) is 30.8 Å². The van der Waals surface area contributed by atoms with E-state index in [4.69, 9.17) is 13.9 Å². The minimum absolute atomic E-state index is 0.00245. The molecule has 42 heavy (non-hydrogen) atoms. The van der Waals surface area contributed by atoms with Crippen LogP contribution in [0.1, 0.15) is 12.0 Å². The molecule has 6 N–H and O–H groups in total. The van der Waals surface area contributed by atoms with E-state index < -0.39 is 47.5 Å². The van der Waals surface area contributed by atoms with Crippen LogP contribution in [-0.4, -0.2) is 67.6 Å². The second-order valence-electron chi connectivity index (χ2n) is 10.0. The maximum Gasteiger partial charge on any atom is 0.330 e. The number of hydrogen-bond donors (Lipinski definition) is 6. The van der Waals surface area contributed by atoms with Gasteiger partial charge in [-0.25, -0.2) is 4.79 Å². The van der Waals surface area contributed by atoms with Gasteiger partial charge in [0.05, 0.1) is 12.7 Å². The first-order chi connectivity index (χ1) is 20.1. The molecule has 0 spiro atoms. The minimum Gasteiger partial charge on any atom is -0.508 e. The van der Waals surface area contributed by atoms with Crippen LogP contribution in [0.5, 0.6) is 23.0 Å². The van der Waals surface area contributed by atoms with Gasteiger partial charge >= 0.3 is 5.97 Å². The van der Waals surface area contributed by atoms with Crippen LogP contribution in [0.3, 0.4) is 0 Å². The Bertz CT molecular complexity index is 1660. The molecule has 3 aromatic carbocycles. The third-order valence-corrected chi connectivity index (χ3v) is 7.07. The van der Waals surface area contributed by atoms with Gasteiger partial charge in [-0.1, -0.05) is 12.1 Å². The second kappa shape index (κ2) is 12.0. The van der Waals surface area contributed by atoms with Gasteiger partial charge in [-0.3, -0.25) is 4.79 Å². The summed E-state index contributed by atoms with van der Waals surface area (Å²) in [6.45, 7) is -0.280. The van der Waals surface area contributed by atoms with Crippen molar-refractivity contribution in [3.05, 3.63) is 88.6 Å². The number of carbonyl (C=O) groups is 1. The van der Waals surface area contributed by atoms with E-state index in [0.29, 0.717) is 11.1 Å². The lowest BCUT2D eigenvalue weighted by Gasteiger charge is -2.40. The lowest BCUT2D eigenvalue weighted by Crippen LogP contribution is -2.56. The van der Waals surface area contributed by atoms with E-state index >= 15 is 0 Å². The fraction of sp³-hybridized carbons (Fsp3) is 0.226. The predicted molar refractivity (Wildman–Crippen MR) is 150 cm³/mol. The molecule has 0 radical (unpaired) electrons. The minimum atomic E-state index is -1.62. The molecule has 0 unspecified atom stereocenters. The number of fused-ring (bicyclic) bond motifs is 1. The van der Waals surface area contributed by atoms with Gasteiger partial charge in [0, 0.05) is 35.8 Å². The molecule has 5 atom stereocenters. The van der Waals surface area contributed by atoms with Gasteiger partial charge in [0.15, 0.2) is 5.43 Å². The maximum atomic E-state index is 12.7. The molecule has 11 heteroatoms. The van der Waals surface area contributed by atoms with Gasteiger partial charge in [0.1, 0.15) is 58.0 Å². The zero-order valence-electron chi connectivity index (χ0n) is 22.0. The van der Waals surface area contributed by atoms with Gasteiger partial charge in [-0.15, -0.1) is 0 Å². The highest BCUT2D eigenvalue weighted by Crippen LogP contribution is 2.35. The standard InChI is InChI=1S/C31H28O11/c32-19-6-1-16(2-7-19)3-10-27(36)40-15-18-11-26(30(38)31(39)29(18)37)41-21-12-22(34)28-23(35)14-24(42-25(28)13-21)17-4-8-20(33)9-5-17/h1-10,12-14,18,26,29-34,37-39H,11,15H2/b10-3+/t18-,26-,29-,30+,31+/m0/s1. The molecule has 11 nitrogen and oxygen atoms in total. The number of benzene rings is 3. The van der Waals surface area contributed by atoms with E-state index in [1.807, 2.05) is 0 Å². The number of esters is 1. The molecule has 0 saturated heterocycles. The first-order valence-corrected chi connectivity index (χ1v) is 13.0. The quantitative estimate of drug-likeness (QED) is 0.140. The van der Waals surface area contributed by atoms with Crippen molar-refractivity contribution >= 4 is 23.0 Å². The van der Waals surface area contributed by atoms with Crippen LogP contribution < -0.4 is 10.2 Å². The number of aromatic hydroxyl groups is 3. The molecule has 1 fully saturated rings. The molecular weight excluding hydrogens is 548 g/mol. The normalized spacial score (nSPS) is 22.3. The van der Waals surface area contributed by atoms with Crippen molar-refractivity contribution in [2.75, 3.05) is 6.61 Å². The zero-order chi connectivity index (χ0) is 30.0. The summed E-state index contributed by atoms with van der Waals surface area (Å²) in [5.74, 6) is -1.61. The molecule has 1 aliphatic carbocycles. The number of hydrogen-bond acceptors (Lipinski definition) is 11. The van der Waals surface area contributed by atoms with Gasteiger partial charge in [0.2, 0.25) is 0 Å². The summed E-state index contributed by atoms with van der Waals surface area (Å²) < 4.78 is 17.0. The van der Waals surface area contributed by atoms with Crippen molar-refractivity contribution < 1.29 is 49.3 Å². The number of rotatable bonds is 7. The first-order valence-electron chi connectivity index (χ1n) is 13.0. The molecule has 0 bridgehead atoms. The fourth-order valence-electron chi connectivity index (χ4n) is 4.80. The topological polar surface area (TPSA) is 187 Å². The average Bonchev–Trinajstić information content (AvgIpc) is 2.96. The van der Waals surface area contributed by atoms with Gasteiger partial charge in [0.25, 0.3) is 0 Å². The van der Waals surface area contributed by atoms with Crippen LogP contribution in [0.15, 0.2) is 82.0 Å². The Morgan fingerprint density at radius 3 is 2.24 bits per heavy atom. The summed E-state index contributed by atoms with van der Waals surface area (Å²) in [7, 11) is 0. The van der Waals surface area contributed by atoms with Gasteiger partial charge in [-0.2, -0.15) is 0 Å². The lowest BCUT2D eigenvalue weighted by molar-refractivity contribution is -0.166. The third kappa shape index (κ3) is 6.23. The number of phenolic OH excluding ortho intramolecular Hbond substituents is 3. The van der Waals surface area contributed by atoms with E-state index in [1.165, 1.54) is 54.6 Å². The highest BCUT2D eigenvalue weighted by molar-refractivity contribution is 5.87. The Morgan fingerprint density at radius 1 is 0.881 bits per heavy atom. The molecule has 218 valence electrons. The molecule has 1 aromatic heterocycles. The Balaban J connectivity index is 1.31. The third-order valence-electron chi connectivity index (χ3n) is 7.07. The van der Waals surface area contributed by atoms with Crippen LogP contribution in [0.4, 0.5) is 0 Å². The molecule has 5 rings (SSSR count). The summed E-state index contributed by atoms with van der Waals surface area (Å²) in [5.41, 5.74) is 0.644. The van der Waals surface area contributed by atoms with Gasteiger partial charge in [-0.05, 0) is 54.5 Å². The van der Waals surface area contributed by atoms with Crippen molar-refractivity contribution in [2.24, 2.45) is 5.92 Å². The van der Waals surface area contributed by atoms with Crippen LogP contribution in [0.25, 0.3) is 28.4 Å². The van der Waals surface area contributed by atoms with E-state index in [1.54, 1.807) is 24.3 Å².